The van der Waals surface area contributed by atoms with Crippen molar-refractivity contribution in [2.75, 3.05) is 21.3 Å². The van der Waals surface area contributed by atoms with Crippen LogP contribution < -0.4 is 14.2 Å². The highest BCUT2D eigenvalue weighted by atomic mass is 16.5. The summed E-state index contributed by atoms with van der Waals surface area (Å²) in [4.78, 5) is 12.1. The maximum Gasteiger partial charge on any atom is 0.243 e. The molecule has 0 bridgehead atoms. The zero-order valence-electron chi connectivity index (χ0n) is 16.0. The average Bonchev–Trinajstić information content (AvgIpc) is 3.13. The quantitative estimate of drug-likeness (QED) is 0.808. The van der Waals surface area contributed by atoms with Crippen LogP contribution in [0.2, 0.25) is 0 Å². The molecule has 1 amide bonds. The van der Waals surface area contributed by atoms with E-state index in [-0.39, 0.29) is 5.91 Å². The molecule has 2 aromatic rings. The number of methoxy groups -OCH3 is 3. The van der Waals surface area contributed by atoms with Crippen molar-refractivity contribution in [1.29, 1.82) is 0 Å². The molecule has 0 radical (unpaired) electrons. The molecule has 2 aromatic carbocycles. The van der Waals surface area contributed by atoms with Gasteiger partial charge in [-0.25, -0.2) is 0 Å². The van der Waals surface area contributed by atoms with Gasteiger partial charge in [0.25, 0.3) is 0 Å². The first-order chi connectivity index (χ1) is 13.0. The Balaban J connectivity index is 2.01. The van der Waals surface area contributed by atoms with Gasteiger partial charge in [-0.15, -0.1) is 5.10 Å². The largest absolute Gasteiger partial charge is 0.493 e. The number of hydrogen-bond donors (Lipinski definition) is 0. The molecule has 0 unspecified atom stereocenters. The summed E-state index contributed by atoms with van der Waals surface area (Å²) in [5.41, 5.74) is 2.57. The Bertz CT molecular complexity index is 851. The van der Waals surface area contributed by atoms with Gasteiger partial charge in [-0.2, -0.15) is 5.01 Å². The lowest BCUT2D eigenvalue weighted by atomic mass is 10.1. The maximum absolute atomic E-state index is 12.1. The second-order valence-corrected chi connectivity index (χ2v) is 6.06. The molecule has 27 heavy (non-hydrogen) atoms. The zero-order chi connectivity index (χ0) is 19.6. The molecular formula is C20H22N2O5. The van der Waals surface area contributed by atoms with Crippen LogP contribution in [0.25, 0.3) is 0 Å². The van der Waals surface area contributed by atoms with Crippen molar-refractivity contribution in [3.63, 3.8) is 0 Å². The molecule has 0 spiro atoms. The average molecular weight is 370 g/mol. The van der Waals surface area contributed by atoms with Crippen LogP contribution in [0.4, 0.5) is 0 Å². The third-order valence-electron chi connectivity index (χ3n) is 4.24. The minimum absolute atomic E-state index is 0.219. The van der Waals surface area contributed by atoms with Crippen LogP contribution in [-0.4, -0.2) is 38.1 Å². The molecule has 1 atom stereocenters. The Morgan fingerprint density at radius 1 is 1.04 bits per heavy atom. The number of ether oxygens (including phenoxy) is 4. The molecule has 7 nitrogen and oxygen atoms in total. The molecule has 142 valence electrons. The van der Waals surface area contributed by atoms with E-state index in [1.165, 1.54) is 33.3 Å². The van der Waals surface area contributed by atoms with E-state index in [0.29, 0.717) is 28.7 Å². The van der Waals surface area contributed by atoms with Gasteiger partial charge in [0.2, 0.25) is 23.8 Å². The fourth-order valence-electron chi connectivity index (χ4n) is 2.84. The van der Waals surface area contributed by atoms with Crippen molar-refractivity contribution in [3.05, 3.63) is 53.1 Å². The number of carbonyl (C=O) groups excluding carboxylic acids is 1. The van der Waals surface area contributed by atoms with Crippen LogP contribution in [0.5, 0.6) is 17.2 Å². The topological polar surface area (TPSA) is 69.6 Å². The molecule has 1 aliphatic heterocycles. The molecule has 7 heteroatoms. The first kappa shape index (κ1) is 18.6. The Labute approximate surface area is 158 Å². The SMILES string of the molecule is COc1cc(C2=NN(C(C)=O)[C@H](c3ccc(C)cc3)O2)cc(OC)c1OC. The minimum atomic E-state index is -0.628. The Kier molecular flexibility index (Phi) is 5.21. The molecule has 0 fully saturated rings. The van der Waals surface area contributed by atoms with Gasteiger partial charge in [-0.1, -0.05) is 29.8 Å². The van der Waals surface area contributed by atoms with Crippen molar-refractivity contribution in [2.24, 2.45) is 5.10 Å². The van der Waals surface area contributed by atoms with Gasteiger partial charge < -0.3 is 18.9 Å². The fraction of sp³-hybridized carbons (Fsp3) is 0.300. The van der Waals surface area contributed by atoms with Crippen molar-refractivity contribution >= 4 is 11.8 Å². The maximum atomic E-state index is 12.1. The first-order valence-corrected chi connectivity index (χ1v) is 8.40. The smallest absolute Gasteiger partial charge is 0.243 e. The van der Waals surface area contributed by atoms with Gasteiger partial charge >= 0.3 is 0 Å². The van der Waals surface area contributed by atoms with Crippen LogP contribution in [0, 0.1) is 6.92 Å². The lowest BCUT2D eigenvalue weighted by Gasteiger charge is -2.19. The Morgan fingerprint density at radius 3 is 2.11 bits per heavy atom. The van der Waals surface area contributed by atoms with Gasteiger partial charge in [0.15, 0.2) is 11.5 Å². The van der Waals surface area contributed by atoms with Crippen LogP contribution in [0.3, 0.4) is 0 Å². The predicted molar refractivity (Wildman–Crippen MR) is 100 cm³/mol. The predicted octanol–water partition coefficient (Wildman–Crippen LogP) is 3.26. The standard InChI is InChI=1S/C20H22N2O5/c1-12-6-8-14(9-7-12)20-22(13(2)23)21-19(27-20)15-10-16(24-3)18(26-5)17(11-15)25-4/h6-11,20H,1-5H3/t20-/m0/s1. The third-order valence-corrected chi connectivity index (χ3v) is 4.24. The fourth-order valence-corrected chi connectivity index (χ4v) is 2.84. The van der Waals surface area contributed by atoms with Gasteiger partial charge in [0.05, 0.1) is 21.3 Å². The van der Waals surface area contributed by atoms with Gasteiger partial charge in [0.1, 0.15) is 0 Å². The van der Waals surface area contributed by atoms with Gasteiger partial charge in [-0.05, 0) is 19.1 Å². The van der Waals surface area contributed by atoms with Crippen LogP contribution >= 0.6 is 0 Å². The van der Waals surface area contributed by atoms with Crippen molar-refractivity contribution in [2.45, 2.75) is 20.1 Å². The number of amides is 1. The highest BCUT2D eigenvalue weighted by molar-refractivity contribution is 5.97. The molecule has 0 saturated heterocycles. The van der Waals surface area contributed by atoms with Crippen LogP contribution in [0.15, 0.2) is 41.5 Å². The number of aryl methyl sites for hydroxylation is 1. The summed E-state index contributed by atoms with van der Waals surface area (Å²) in [6.07, 6.45) is -0.628. The lowest BCUT2D eigenvalue weighted by molar-refractivity contribution is -0.135. The summed E-state index contributed by atoms with van der Waals surface area (Å²) in [5.74, 6) is 1.51. The number of nitrogens with zero attached hydrogens (tertiary/aromatic N) is 2. The van der Waals surface area contributed by atoms with E-state index in [9.17, 15) is 4.79 Å². The van der Waals surface area contributed by atoms with E-state index < -0.39 is 6.23 Å². The lowest BCUT2D eigenvalue weighted by Crippen LogP contribution is -2.25. The monoisotopic (exact) mass is 370 g/mol. The van der Waals surface area contributed by atoms with E-state index >= 15 is 0 Å². The minimum Gasteiger partial charge on any atom is -0.493 e. The highest BCUT2D eigenvalue weighted by Gasteiger charge is 2.33. The molecule has 0 aromatic heterocycles. The zero-order valence-corrected chi connectivity index (χ0v) is 16.0. The molecule has 0 N–H and O–H groups in total. The first-order valence-electron chi connectivity index (χ1n) is 8.40. The number of hydrazone groups is 1. The number of hydrogen-bond acceptors (Lipinski definition) is 6. The summed E-state index contributed by atoms with van der Waals surface area (Å²) in [7, 11) is 4.61. The summed E-state index contributed by atoms with van der Waals surface area (Å²) >= 11 is 0. The van der Waals surface area contributed by atoms with Crippen molar-refractivity contribution in [1.82, 2.24) is 5.01 Å². The van der Waals surface area contributed by atoms with E-state index in [1.54, 1.807) is 12.1 Å². The molecule has 1 heterocycles. The highest BCUT2D eigenvalue weighted by Crippen LogP contribution is 2.40. The van der Waals surface area contributed by atoms with E-state index in [4.69, 9.17) is 18.9 Å². The normalized spacial score (nSPS) is 15.8. The molecular weight excluding hydrogens is 348 g/mol. The molecule has 1 aliphatic rings. The molecule has 0 saturated carbocycles. The Morgan fingerprint density at radius 2 is 1.63 bits per heavy atom. The summed E-state index contributed by atoms with van der Waals surface area (Å²) < 4.78 is 22.1. The number of benzene rings is 2. The summed E-state index contributed by atoms with van der Waals surface area (Å²) in [5, 5.41) is 5.69. The molecule has 3 rings (SSSR count). The second-order valence-electron chi connectivity index (χ2n) is 6.06. The second kappa shape index (κ2) is 7.57. The van der Waals surface area contributed by atoms with Crippen LogP contribution in [-0.2, 0) is 9.53 Å². The van der Waals surface area contributed by atoms with Crippen LogP contribution in [0.1, 0.15) is 29.8 Å². The van der Waals surface area contributed by atoms with E-state index in [1.807, 2.05) is 31.2 Å². The summed E-state index contributed by atoms with van der Waals surface area (Å²) in [6.45, 7) is 3.45. The van der Waals surface area contributed by atoms with Gasteiger partial charge in [0, 0.05) is 18.1 Å². The van der Waals surface area contributed by atoms with Crippen molar-refractivity contribution < 1.29 is 23.7 Å². The number of rotatable bonds is 5. The van der Waals surface area contributed by atoms with E-state index in [2.05, 4.69) is 5.10 Å². The molecule has 0 aliphatic carbocycles. The van der Waals surface area contributed by atoms with Crippen molar-refractivity contribution in [3.8, 4) is 17.2 Å². The Hall–Kier alpha value is -3.22. The van der Waals surface area contributed by atoms with Gasteiger partial charge in [-0.3, -0.25) is 4.79 Å². The summed E-state index contributed by atoms with van der Waals surface area (Å²) in [6, 6.07) is 11.2. The van der Waals surface area contributed by atoms with E-state index in [0.717, 1.165) is 11.1 Å². The number of carbonyl (C=O) groups is 1. The third kappa shape index (κ3) is 3.53.